The first-order valence-corrected chi connectivity index (χ1v) is 23.1. The number of hydrogen-bond donors (Lipinski definition) is 9. The van der Waals surface area contributed by atoms with E-state index in [0.29, 0.717) is 0 Å². The average molecular weight is 1000 g/mol. The van der Waals surface area contributed by atoms with E-state index in [4.69, 9.17) is 23.7 Å². The van der Waals surface area contributed by atoms with Crippen LogP contribution in [-0.2, 0) is 28.5 Å². The number of allylic oxidation sites excluding steroid dienone is 2. The average Bonchev–Trinajstić information content (AvgIpc) is 3.99. The summed E-state index contributed by atoms with van der Waals surface area (Å²) in [5.41, 5.74) is -0.784. The van der Waals surface area contributed by atoms with E-state index in [2.05, 4.69) is 25.4 Å². The van der Waals surface area contributed by atoms with Crippen LogP contribution in [0.25, 0.3) is 21.9 Å². The molecule has 72 heavy (non-hydrogen) atoms. The maximum absolute atomic E-state index is 14.7. The molecular formula is C49H61N7O16. The van der Waals surface area contributed by atoms with Crippen LogP contribution in [0, 0.1) is 30.6 Å². The molecule has 4 aliphatic rings. The number of nitrogens with one attached hydrogen (secondary N) is 1. The fourth-order valence-corrected chi connectivity index (χ4v) is 9.44. The van der Waals surface area contributed by atoms with E-state index in [1.807, 2.05) is 0 Å². The minimum atomic E-state index is -2.15. The Morgan fingerprint density at radius 1 is 0.944 bits per heavy atom. The minimum absolute atomic E-state index is 0.0307. The van der Waals surface area contributed by atoms with Crippen LogP contribution in [0.2, 0.25) is 0 Å². The number of aromatic nitrogens is 4. The summed E-state index contributed by atoms with van der Waals surface area (Å²) in [6, 6.07) is 0. The van der Waals surface area contributed by atoms with Gasteiger partial charge in [0.25, 0.3) is 11.7 Å². The minimum Gasteiger partial charge on any atom is -0.507 e. The Hall–Kier alpha value is -6.73. The van der Waals surface area contributed by atoms with Crippen LogP contribution < -0.4 is 15.1 Å². The Balaban J connectivity index is 1.37. The van der Waals surface area contributed by atoms with E-state index in [0.717, 1.165) is 12.5 Å². The smallest absolute Gasteiger partial charge is 0.312 e. The van der Waals surface area contributed by atoms with Gasteiger partial charge in [0, 0.05) is 68.2 Å². The van der Waals surface area contributed by atoms with Gasteiger partial charge in [0.2, 0.25) is 0 Å². The first kappa shape index (κ1) is 53.1. The molecule has 1 fully saturated rings. The van der Waals surface area contributed by atoms with Crippen molar-refractivity contribution in [1.29, 1.82) is 0 Å². The number of aromatic hydroxyl groups is 3. The Bertz CT molecular complexity index is 2880. The summed E-state index contributed by atoms with van der Waals surface area (Å²) in [5, 5.41) is 97.5. The van der Waals surface area contributed by atoms with Gasteiger partial charge in [0.15, 0.2) is 29.0 Å². The Morgan fingerprint density at radius 2 is 1.65 bits per heavy atom. The topological polar surface area (TPSA) is 330 Å². The van der Waals surface area contributed by atoms with Crippen LogP contribution in [0.1, 0.15) is 76.2 Å². The van der Waals surface area contributed by atoms with E-state index in [1.165, 1.54) is 82.3 Å². The van der Waals surface area contributed by atoms with Crippen molar-refractivity contribution in [3.8, 4) is 23.0 Å². The van der Waals surface area contributed by atoms with Crippen LogP contribution in [0.3, 0.4) is 0 Å². The number of aliphatic hydroxyl groups excluding tert-OH is 5. The molecule has 388 valence electrons. The third kappa shape index (κ3) is 9.43. The van der Waals surface area contributed by atoms with Crippen LogP contribution in [0.4, 0.5) is 11.5 Å². The van der Waals surface area contributed by atoms with E-state index >= 15 is 0 Å². The molecule has 4 aromatic rings. The van der Waals surface area contributed by atoms with Crippen molar-refractivity contribution in [2.24, 2.45) is 28.8 Å². The quantitative estimate of drug-likeness (QED) is 0.0422. The number of carbonyl (C=O) groups excluding carboxylic acids is 3. The molecule has 6 heterocycles. The summed E-state index contributed by atoms with van der Waals surface area (Å²) < 4.78 is 30.7. The highest BCUT2D eigenvalue weighted by molar-refractivity contribution is 6.24. The van der Waals surface area contributed by atoms with Crippen molar-refractivity contribution in [2.75, 3.05) is 31.1 Å². The number of fused-ring (bicyclic) bond motifs is 15. The number of nitrogens with zero attached hydrogens (tertiary/aromatic N) is 6. The Labute approximate surface area is 413 Å². The lowest BCUT2D eigenvalue weighted by Crippen LogP contribution is -2.46. The molecule has 5 bridgehead atoms. The van der Waals surface area contributed by atoms with E-state index < -0.39 is 131 Å². The molecule has 4 aliphatic heterocycles. The molecule has 13 atom stereocenters. The van der Waals surface area contributed by atoms with Gasteiger partial charge in [0.1, 0.15) is 48.0 Å². The molecule has 0 radical (unpaired) electrons. The summed E-state index contributed by atoms with van der Waals surface area (Å²) in [4.78, 5) is 54.1. The number of hydrogen-bond acceptors (Lipinski definition) is 21. The van der Waals surface area contributed by atoms with Gasteiger partial charge >= 0.3 is 11.8 Å². The number of phenols is 3. The van der Waals surface area contributed by atoms with Crippen molar-refractivity contribution in [1.82, 2.24) is 19.5 Å². The lowest BCUT2D eigenvalue weighted by atomic mass is 9.78. The monoisotopic (exact) mass is 1000 g/mol. The van der Waals surface area contributed by atoms with Crippen LogP contribution in [0.5, 0.6) is 23.0 Å². The largest absolute Gasteiger partial charge is 0.507 e. The number of ether oxygens (including phenoxy) is 5. The van der Waals surface area contributed by atoms with E-state index in [-0.39, 0.29) is 50.4 Å². The molecule has 2 aromatic carbocycles. The van der Waals surface area contributed by atoms with Gasteiger partial charge < -0.3 is 69.9 Å². The highest BCUT2D eigenvalue weighted by Gasteiger charge is 2.50. The third-order valence-corrected chi connectivity index (χ3v) is 13.8. The molecule has 0 aliphatic carbocycles. The molecule has 8 rings (SSSR count). The van der Waals surface area contributed by atoms with Crippen LogP contribution >= 0.6 is 0 Å². The lowest BCUT2D eigenvalue weighted by Gasteiger charge is -2.38. The standard InChI is InChI=1S/C49H61N7O16/c1-20-12-11-13-21(2)47(67)54-33-27(16-53-55(9)45-34-46(51-18-50-45)56(19-52-34)48-41(65)39(63)29(17-57)71-48)38(62)30-31(40(33)64)37(61)25(6)43-32(30)44(66)49(8,72-43)69-15-14-28(68-10)22(3)42(70-26(7)58)24(5)36(60)23(4)35(20)59/h11-16,18-20,22-24,28-29,35-36,39,41-42,48,57,59-65H,17H2,1-10H3,(H,54,67)/b12-11+,15-14+,21-13+,53-16-. The predicted octanol–water partition coefficient (Wildman–Crippen LogP) is 2.98. The molecule has 13 unspecified atom stereocenters. The van der Waals surface area contributed by atoms with Gasteiger partial charge in [-0.1, -0.05) is 45.9 Å². The molecular weight excluding hydrogens is 943 g/mol. The van der Waals surface area contributed by atoms with Crippen molar-refractivity contribution in [2.45, 2.75) is 110 Å². The zero-order chi connectivity index (χ0) is 52.8. The summed E-state index contributed by atoms with van der Waals surface area (Å²) >= 11 is 0. The van der Waals surface area contributed by atoms with Crippen molar-refractivity contribution in [3.63, 3.8) is 0 Å². The number of benzene rings is 2. The number of Topliss-reactive ketones (excluding diaryl/α,β-unsaturated/α-hetero) is 1. The van der Waals surface area contributed by atoms with Crippen LogP contribution in [-0.4, -0.2) is 154 Å². The zero-order valence-electron chi connectivity index (χ0n) is 41.3. The van der Waals surface area contributed by atoms with Gasteiger partial charge in [-0.25, -0.2) is 20.0 Å². The summed E-state index contributed by atoms with van der Waals surface area (Å²) in [6.07, 6.45) is 1.46. The number of anilines is 2. The maximum Gasteiger partial charge on any atom is 0.312 e. The SMILES string of the molecule is COC1/C=C/OC2(C)Oc3c(C)c(O)c4c(O)c(c(/C=N\N(C)c5ncnc6c5ncn6C5OC(CO)C(O)C5O)c(O)c4c3C2=O)NC(=O)/C(C)=C/C=C/C(C)C(O)C(C)C(O)C(C)C(OC(C)=O)C1C. The highest BCUT2D eigenvalue weighted by atomic mass is 16.7. The zero-order valence-corrected chi connectivity index (χ0v) is 41.3. The predicted molar refractivity (Wildman–Crippen MR) is 258 cm³/mol. The number of hydrazone groups is 1. The number of phenolic OH excluding ortho intramolecular Hbond substituents is 3. The van der Waals surface area contributed by atoms with Gasteiger partial charge in [-0.15, -0.1) is 0 Å². The van der Waals surface area contributed by atoms with Gasteiger partial charge in [0.05, 0.1) is 65.9 Å². The van der Waals surface area contributed by atoms with E-state index in [9.17, 15) is 55.2 Å². The number of carbonyl (C=O) groups is 3. The number of methoxy groups -OCH3 is 1. The van der Waals surface area contributed by atoms with Gasteiger partial charge in [-0.05, 0) is 19.9 Å². The molecule has 2 aromatic heterocycles. The number of rotatable bonds is 7. The third-order valence-electron chi connectivity index (χ3n) is 13.8. The second-order valence-electron chi connectivity index (χ2n) is 18.6. The first-order chi connectivity index (χ1) is 34.0. The lowest BCUT2D eigenvalue weighted by molar-refractivity contribution is -0.160. The Kier molecular flexibility index (Phi) is 15.3. The summed E-state index contributed by atoms with van der Waals surface area (Å²) in [6.45, 7) is 11.6. The second-order valence-corrected chi connectivity index (χ2v) is 18.6. The highest BCUT2D eigenvalue weighted by Crippen LogP contribution is 2.55. The van der Waals surface area contributed by atoms with Gasteiger partial charge in [-0.2, -0.15) is 5.10 Å². The summed E-state index contributed by atoms with van der Waals surface area (Å²) in [5.74, 6) is -9.40. The molecule has 9 N–H and O–H groups in total. The number of ketones is 1. The molecule has 1 amide bonds. The van der Waals surface area contributed by atoms with Gasteiger partial charge in [-0.3, -0.25) is 19.0 Å². The second kappa shape index (κ2) is 20.8. The maximum atomic E-state index is 14.7. The fraction of sp³-hybridized carbons (Fsp3) is 0.490. The summed E-state index contributed by atoms with van der Waals surface area (Å²) in [7, 11) is 2.86. The van der Waals surface area contributed by atoms with Crippen molar-refractivity contribution in [3.05, 3.63) is 65.5 Å². The number of aliphatic hydroxyl groups is 5. The molecule has 23 nitrogen and oxygen atoms in total. The van der Waals surface area contributed by atoms with Crippen LogP contribution in [0.15, 0.2) is 53.9 Å². The first-order valence-electron chi connectivity index (χ1n) is 23.1. The number of amides is 1. The number of imidazole rings is 1. The molecule has 0 spiro atoms. The fourth-order valence-electron chi connectivity index (χ4n) is 9.44. The van der Waals surface area contributed by atoms with Crippen molar-refractivity contribution < 1.29 is 78.9 Å². The van der Waals surface area contributed by atoms with Crippen molar-refractivity contribution >= 4 is 57.3 Å². The molecule has 1 saturated heterocycles. The normalized spacial score (nSPS) is 32.1. The molecule has 0 saturated carbocycles. The molecule has 23 heteroatoms. The Morgan fingerprint density at radius 3 is 2.31 bits per heavy atom. The van der Waals surface area contributed by atoms with E-state index in [1.54, 1.807) is 33.8 Å². The number of esters is 1.